The summed E-state index contributed by atoms with van der Waals surface area (Å²) in [6, 6.07) is 37.1. The highest BCUT2D eigenvalue weighted by Crippen LogP contribution is 2.64. The number of pyridine rings is 2. The molecule has 3 aliphatic rings. The van der Waals surface area contributed by atoms with Crippen LogP contribution in [-0.2, 0) is 29.5 Å². The molecule has 2 aliphatic carbocycles. The van der Waals surface area contributed by atoms with E-state index in [-0.39, 0.29) is 30.9 Å². The van der Waals surface area contributed by atoms with Crippen LogP contribution in [0.25, 0.3) is 11.6 Å². The average Bonchev–Trinajstić information content (AvgIpc) is 3.84. The van der Waals surface area contributed by atoms with E-state index in [2.05, 4.69) is 10.3 Å². The van der Waals surface area contributed by atoms with Gasteiger partial charge in [-0.05, 0) is 70.3 Å². The molecule has 2 bridgehead atoms. The summed E-state index contributed by atoms with van der Waals surface area (Å²) in [5.74, 6) is -4.31. The van der Waals surface area contributed by atoms with E-state index in [1.165, 1.54) is 17.9 Å². The van der Waals surface area contributed by atoms with E-state index < -0.39 is 35.2 Å². The predicted octanol–water partition coefficient (Wildman–Crippen LogP) is 6.22. The minimum absolute atomic E-state index is 0.113. The summed E-state index contributed by atoms with van der Waals surface area (Å²) >= 11 is 0. The first-order valence-corrected chi connectivity index (χ1v) is 18.5. The van der Waals surface area contributed by atoms with Gasteiger partial charge in [0.1, 0.15) is 6.61 Å². The number of carbonyl (C=O) groups is 4. The number of hydrogen-bond donors (Lipinski definition) is 2. The molecule has 1 saturated carbocycles. The number of fused-ring (bicyclic) bond motifs is 5. The second kappa shape index (κ2) is 15.2. The zero-order chi connectivity index (χ0) is 38.8. The van der Waals surface area contributed by atoms with Crippen molar-refractivity contribution in [3.05, 3.63) is 185 Å². The molecule has 3 aromatic carbocycles. The van der Waals surface area contributed by atoms with Crippen molar-refractivity contribution in [1.29, 1.82) is 0 Å². The van der Waals surface area contributed by atoms with Crippen LogP contribution in [-0.4, -0.2) is 56.8 Å². The number of allylic oxidation sites excluding steroid dienone is 2. The second-order valence-electron chi connectivity index (χ2n) is 14.0. The van der Waals surface area contributed by atoms with Crippen molar-refractivity contribution in [2.75, 3.05) is 18.5 Å². The van der Waals surface area contributed by atoms with Gasteiger partial charge >= 0.3 is 5.97 Å². The molecule has 0 radical (unpaired) electrons. The number of imide groups is 1. The van der Waals surface area contributed by atoms with Gasteiger partial charge in [0.15, 0.2) is 5.60 Å². The van der Waals surface area contributed by atoms with E-state index in [0.717, 1.165) is 22.3 Å². The van der Waals surface area contributed by atoms with Crippen LogP contribution in [0, 0.1) is 23.7 Å². The van der Waals surface area contributed by atoms with Crippen molar-refractivity contribution in [2.24, 2.45) is 23.7 Å². The lowest BCUT2D eigenvalue weighted by Gasteiger charge is -2.36. The SMILES string of the molecule is CC(=O)Nc1ccc(C=CC(=O)OCCN2C(=O)C3C4C=C(C(O)(c5ccccc5)c5ccccn5)C(C4=C(c4ccccc4)c4ccccn4)C3C2=O)cc1. The molecule has 1 saturated heterocycles. The number of hydrogen-bond acceptors (Lipinski definition) is 8. The Labute approximate surface area is 323 Å². The number of anilines is 1. The maximum Gasteiger partial charge on any atom is 0.330 e. The van der Waals surface area contributed by atoms with Crippen LogP contribution in [0.3, 0.4) is 0 Å². The van der Waals surface area contributed by atoms with Gasteiger partial charge in [0, 0.05) is 48.5 Å². The molecular formula is C46H38N4O6. The van der Waals surface area contributed by atoms with Crippen LogP contribution >= 0.6 is 0 Å². The maximum atomic E-state index is 14.6. The Hall–Kier alpha value is -6.78. The number of likely N-dealkylation sites (tertiary alicyclic amines) is 1. The summed E-state index contributed by atoms with van der Waals surface area (Å²) in [6.07, 6.45) is 8.17. The lowest BCUT2D eigenvalue weighted by Crippen LogP contribution is -2.39. The molecule has 5 unspecified atom stereocenters. The van der Waals surface area contributed by atoms with Gasteiger partial charge in [0.2, 0.25) is 17.7 Å². The van der Waals surface area contributed by atoms with Crippen LogP contribution < -0.4 is 5.32 Å². The lowest BCUT2D eigenvalue weighted by molar-refractivity contribution is -0.145. The number of carbonyl (C=O) groups excluding carboxylic acids is 4. The van der Waals surface area contributed by atoms with E-state index >= 15 is 0 Å². The standard InChI is InChI=1S/C46H38N4O6/c1-29(51)49-33-21-18-30(19-22-33)20-23-38(52)56-27-26-50-44(53)41-34-28-35(46(55,32-14-6-3-7-15-32)37-17-9-11-25-48-37)42(43(41)45(50)54)40(34)39(31-12-4-2-5-13-31)36-16-8-10-24-47-36/h2-25,28,34,41-43,55H,26-27H2,1H3,(H,49,51). The quantitative estimate of drug-likeness (QED) is 0.0705. The van der Waals surface area contributed by atoms with E-state index in [9.17, 15) is 24.3 Å². The van der Waals surface area contributed by atoms with Crippen LogP contribution in [0.2, 0.25) is 0 Å². The van der Waals surface area contributed by atoms with Gasteiger partial charge in [-0.15, -0.1) is 0 Å². The van der Waals surface area contributed by atoms with Gasteiger partial charge < -0.3 is 15.2 Å². The smallest absolute Gasteiger partial charge is 0.330 e. The summed E-state index contributed by atoms with van der Waals surface area (Å²) in [6.45, 7) is 1.12. The van der Waals surface area contributed by atoms with Crippen molar-refractivity contribution in [1.82, 2.24) is 14.9 Å². The van der Waals surface area contributed by atoms with Gasteiger partial charge in [-0.1, -0.05) is 91.0 Å². The highest BCUT2D eigenvalue weighted by atomic mass is 16.5. The minimum Gasteiger partial charge on any atom is -0.461 e. The number of aliphatic hydroxyl groups is 1. The number of aromatic nitrogens is 2. The first-order chi connectivity index (χ1) is 27.3. The van der Waals surface area contributed by atoms with Crippen molar-refractivity contribution in [2.45, 2.75) is 12.5 Å². The fraction of sp³-hybridized carbons (Fsp3) is 0.174. The third-order valence-electron chi connectivity index (χ3n) is 10.7. The molecule has 5 aromatic rings. The number of benzene rings is 3. The highest BCUT2D eigenvalue weighted by molar-refractivity contribution is 6.08. The van der Waals surface area contributed by atoms with Gasteiger partial charge in [-0.25, -0.2) is 4.79 Å². The molecule has 2 aromatic heterocycles. The van der Waals surface area contributed by atoms with Gasteiger partial charge in [-0.2, -0.15) is 0 Å². The third kappa shape index (κ3) is 6.54. The summed E-state index contributed by atoms with van der Waals surface area (Å²) in [5.41, 5.74) is 4.44. The molecule has 3 amide bonds. The maximum absolute atomic E-state index is 14.6. The topological polar surface area (TPSA) is 139 Å². The van der Waals surface area contributed by atoms with Crippen LogP contribution in [0.5, 0.6) is 0 Å². The molecule has 10 heteroatoms. The molecule has 8 rings (SSSR count). The fourth-order valence-electron chi connectivity index (χ4n) is 8.46. The van der Waals surface area contributed by atoms with Crippen LogP contribution in [0.4, 0.5) is 5.69 Å². The summed E-state index contributed by atoms with van der Waals surface area (Å²) in [5, 5.41) is 15.8. The van der Waals surface area contributed by atoms with E-state index in [1.807, 2.05) is 91.0 Å². The molecular weight excluding hydrogens is 705 g/mol. The van der Waals surface area contributed by atoms with E-state index in [1.54, 1.807) is 54.9 Å². The van der Waals surface area contributed by atoms with Crippen molar-refractivity contribution in [3.8, 4) is 0 Å². The molecule has 1 aliphatic heterocycles. The summed E-state index contributed by atoms with van der Waals surface area (Å²) in [7, 11) is 0. The average molecular weight is 743 g/mol. The largest absolute Gasteiger partial charge is 0.461 e. The fourth-order valence-corrected chi connectivity index (χ4v) is 8.46. The van der Waals surface area contributed by atoms with E-state index in [0.29, 0.717) is 28.2 Å². The Balaban J connectivity index is 1.13. The zero-order valence-corrected chi connectivity index (χ0v) is 30.5. The van der Waals surface area contributed by atoms with Gasteiger partial charge in [0.25, 0.3) is 0 Å². The van der Waals surface area contributed by atoms with Gasteiger partial charge in [-0.3, -0.25) is 29.3 Å². The van der Waals surface area contributed by atoms with Crippen LogP contribution in [0.15, 0.2) is 157 Å². The third-order valence-corrected chi connectivity index (χ3v) is 10.7. The first-order valence-electron chi connectivity index (χ1n) is 18.5. The monoisotopic (exact) mass is 742 g/mol. The number of ether oxygens (including phenoxy) is 1. The summed E-state index contributed by atoms with van der Waals surface area (Å²) < 4.78 is 5.45. The number of nitrogens with zero attached hydrogens (tertiary/aromatic N) is 3. The Bertz CT molecular complexity index is 2300. The molecule has 10 nitrogen and oxygen atoms in total. The molecule has 2 fully saturated rings. The Morgan fingerprint density at radius 1 is 0.821 bits per heavy atom. The molecule has 2 N–H and O–H groups in total. The number of esters is 1. The minimum atomic E-state index is -1.73. The van der Waals surface area contributed by atoms with E-state index in [4.69, 9.17) is 9.72 Å². The second-order valence-corrected chi connectivity index (χ2v) is 14.0. The number of amides is 3. The number of rotatable bonds is 11. The molecule has 3 heterocycles. The first kappa shape index (κ1) is 36.2. The highest BCUT2D eigenvalue weighted by Gasteiger charge is 2.66. The predicted molar refractivity (Wildman–Crippen MR) is 210 cm³/mol. The summed E-state index contributed by atoms with van der Waals surface area (Å²) in [4.78, 5) is 63.6. The van der Waals surface area contributed by atoms with Crippen molar-refractivity contribution in [3.63, 3.8) is 0 Å². The molecule has 278 valence electrons. The van der Waals surface area contributed by atoms with Gasteiger partial charge in [0.05, 0.1) is 29.8 Å². The van der Waals surface area contributed by atoms with Crippen molar-refractivity contribution >= 4 is 41.0 Å². The molecule has 56 heavy (non-hydrogen) atoms. The molecule has 0 spiro atoms. The molecule has 5 atom stereocenters. The Kier molecular flexibility index (Phi) is 9.80. The van der Waals surface area contributed by atoms with Crippen molar-refractivity contribution < 1.29 is 29.0 Å². The Morgan fingerprint density at radius 2 is 1.48 bits per heavy atom. The Morgan fingerprint density at radius 3 is 2.14 bits per heavy atom. The normalized spacial score (nSPS) is 21.8. The number of nitrogens with one attached hydrogen (secondary N) is 1. The zero-order valence-electron chi connectivity index (χ0n) is 30.5. The lowest BCUT2D eigenvalue weighted by atomic mass is 9.71. The van der Waals surface area contributed by atoms with Crippen LogP contribution in [0.1, 0.15) is 35.0 Å².